The van der Waals surface area contributed by atoms with E-state index in [0.29, 0.717) is 0 Å². The van der Waals surface area contributed by atoms with Gasteiger partial charge in [0.05, 0.1) is 5.41 Å². The van der Waals surface area contributed by atoms with Gasteiger partial charge in [0.25, 0.3) is 0 Å². The van der Waals surface area contributed by atoms with E-state index in [1.807, 2.05) is 12.1 Å². The summed E-state index contributed by atoms with van der Waals surface area (Å²) in [7, 11) is 0. The first-order chi connectivity index (χ1) is 27.3. The lowest BCUT2D eigenvalue weighted by molar-refractivity contribution is 0.633. The van der Waals surface area contributed by atoms with Crippen LogP contribution in [0, 0.1) is 0 Å². The maximum Gasteiger partial charge on any atom is 0.143 e. The van der Waals surface area contributed by atoms with Crippen LogP contribution in [-0.2, 0) is 5.41 Å². The standard InChI is InChI=1S/C53H32O2/c1-3-17-34(18-4-1)53(35-19-5-2-6-20-35)45-28-13-12-21-36(45)41-30-31-43-42-26-15-27-44(51(42)55-52(43)50(41)53)48-37-22-8-10-24-39(37)49(40-25-11-9-23-38(40)48)47-32-33-16-7-14-29-46(33)54-47/h1-32H. The van der Waals surface area contributed by atoms with Crippen molar-refractivity contribution in [3.8, 4) is 33.6 Å². The van der Waals surface area contributed by atoms with Gasteiger partial charge in [0.1, 0.15) is 22.5 Å². The Morgan fingerprint density at radius 2 is 0.891 bits per heavy atom. The summed E-state index contributed by atoms with van der Waals surface area (Å²) in [6.45, 7) is 0. The molecule has 1 aliphatic carbocycles. The highest BCUT2D eigenvalue weighted by atomic mass is 16.3. The van der Waals surface area contributed by atoms with Crippen LogP contribution in [0.5, 0.6) is 0 Å². The molecule has 2 heteroatoms. The van der Waals surface area contributed by atoms with E-state index in [4.69, 9.17) is 8.83 Å². The van der Waals surface area contributed by atoms with E-state index in [1.54, 1.807) is 0 Å². The predicted molar refractivity (Wildman–Crippen MR) is 227 cm³/mol. The maximum atomic E-state index is 7.44. The molecule has 2 nitrogen and oxygen atoms in total. The number of hydrogen-bond acceptors (Lipinski definition) is 2. The summed E-state index contributed by atoms with van der Waals surface area (Å²) in [4.78, 5) is 0. The minimum Gasteiger partial charge on any atom is -0.456 e. The van der Waals surface area contributed by atoms with E-state index in [1.165, 1.54) is 33.4 Å². The Morgan fingerprint density at radius 3 is 1.58 bits per heavy atom. The first kappa shape index (κ1) is 30.3. The van der Waals surface area contributed by atoms with Crippen LogP contribution in [0.1, 0.15) is 22.3 Å². The minimum absolute atomic E-state index is 0.574. The van der Waals surface area contributed by atoms with Crippen LogP contribution in [0.15, 0.2) is 203 Å². The molecule has 2 heterocycles. The highest BCUT2D eigenvalue weighted by Crippen LogP contribution is 2.59. The first-order valence-corrected chi connectivity index (χ1v) is 18.9. The lowest BCUT2D eigenvalue weighted by Crippen LogP contribution is -2.28. The van der Waals surface area contributed by atoms with Crippen LogP contribution in [0.3, 0.4) is 0 Å². The molecule has 0 atom stereocenters. The van der Waals surface area contributed by atoms with Gasteiger partial charge in [-0.05, 0) is 67.6 Å². The normalized spacial score (nSPS) is 13.2. The molecule has 1 aliphatic rings. The number of benzene rings is 9. The second-order valence-electron chi connectivity index (χ2n) is 14.7. The summed E-state index contributed by atoms with van der Waals surface area (Å²) in [5.41, 5.74) is 12.8. The van der Waals surface area contributed by atoms with Gasteiger partial charge in [0.15, 0.2) is 0 Å². The topological polar surface area (TPSA) is 26.3 Å². The molecule has 55 heavy (non-hydrogen) atoms. The fraction of sp³-hybridized carbons (Fsp3) is 0.0189. The van der Waals surface area contributed by atoms with E-state index in [0.717, 1.165) is 76.9 Å². The van der Waals surface area contributed by atoms with Gasteiger partial charge in [-0.1, -0.05) is 176 Å². The monoisotopic (exact) mass is 700 g/mol. The molecule has 0 saturated heterocycles. The number of fused-ring (bicyclic) bond motifs is 10. The Labute approximate surface area is 317 Å². The predicted octanol–water partition coefficient (Wildman–Crippen LogP) is 14.3. The SMILES string of the molecule is c1ccc(C2(c3ccccc3)c3ccccc3-c3ccc4c(oc5c(-c6c7ccccc7c(-c7cc8ccccc8o7)c7ccccc67)cccc54)c32)cc1. The fourth-order valence-electron chi connectivity index (χ4n) is 9.77. The molecule has 256 valence electrons. The largest absolute Gasteiger partial charge is 0.456 e. The average Bonchev–Trinajstić information content (AvgIpc) is 3.94. The molecular formula is C53H32O2. The van der Waals surface area contributed by atoms with Gasteiger partial charge in [-0.3, -0.25) is 0 Å². The summed E-state index contributed by atoms with van der Waals surface area (Å²) in [5, 5.41) is 7.93. The quantitative estimate of drug-likeness (QED) is 0.171. The molecule has 9 aromatic carbocycles. The van der Waals surface area contributed by atoms with Crippen molar-refractivity contribution in [1.82, 2.24) is 0 Å². The molecule has 0 bridgehead atoms. The third-order valence-electron chi connectivity index (χ3n) is 11.9. The van der Waals surface area contributed by atoms with Crippen molar-refractivity contribution < 1.29 is 8.83 Å². The molecular weight excluding hydrogens is 669 g/mol. The zero-order valence-electron chi connectivity index (χ0n) is 29.8. The zero-order valence-corrected chi connectivity index (χ0v) is 29.8. The summed E-state index contributed by atoms with van der Waals surface area (Å²) >= 11 is 0. The van der Waals surface area contributed by atoms with Gasteiger partial charge < -0.3 is 8.83 Å². The summed E-state index contributed by atoms with van der Waals surface area (Å²) in [5.74, 6) is 0.871. The van der Waals surface area contributed by atoms with Gasteiger partial charge in [-0.2, -0.15) is 0 Å². The Hall–Kier alpha value is -7.16. The van der Waals surface area contributed by atoms with Crippen molar-refractivity contribution in [2.45, 2.75) is 5.41 Å². The molecule has 0 amide bonds. The Morgan fingerprint density at radius 1 is 0.345 bits per heavy atom. The van der Waals surface area contributed by atoms with Gasteiger partial charge in [-0.15, -0.1) is 0 Å². The van der Waals surface area contributed by atoms with E-state index in [2.05, 4.69) is 182 Å². The number of furan rings is 2. The molecule has 0 spiro atoms. The number of para-hydroxylation sites is 2. The molecule has 0 radical (unpaired) electrons. The molecule has 0 N–H and O–H groups in total. The molecule has 12 rings (SSSR count). The molecule has 2 aromatic heterocycles. The van der Waals surface area contributed by atoms with E-state index < -0.39 is 5.41 Å². The van der Waals surface area contributed by atoms with Crippen molar-refractivity contribution in [2.75, 3.05) is 0 Å². The van der Waals surface area contributed by atoms with Crippen LogP contribution in [0.2, 0.25) is 0 Å². The number of rotatable bonds is 4. The van der Waals surface area contributed by atoms with E-state index >= 15 is 0 Å². The average molecular weight is 701 g/mol. The second kappa shape index (κ2) is 11.4. The lowest BCUT2D eigenvalue weighted by atomic mass is 9.67. The van der Waals surface area contributed by atoms with Crippen LogP contribution < -0.4 is 0 Å². The molecule has 0 aliphatic heterocycles. The Bertz CT molecular complexity index is 3180. The van der Waals surface area contributed by atoms with Gasteiger partial charge in [0, 0.05) is 38.4 Å². The smallest absolute Gasteiger partial charge is 0.143 e. The van der Waals surface area contributed by atoms with Crippen LogP contribution in [-0.4, -0.2) is 0 Å². The molecule has 0 unspecified atom stereocenters. The minimum atomic E-state index is -0.574. The van der Waals surface area contributed by atoms with Crippen molar-refractivity contribution in [3.63, 3.8) is 0 Å². The Balaban J connectivity index is 1.20. The van der Waals surface area contributed by atoms with Crippen molar-refractivity contribution >= 4 is 54.5 Å². The van der Waals surface area contributed by atoms with Gasteiger partial charge in [-0.25, -0.2) is 0 Å². The van der Waals surface area contributed by atoms with Crippen LogP contribution in [0.4, 0.5) is 0 Å². The van der Waals surface area contributed by atoms with Crippen molar-refractivity contribution in [3.05, 3.63) is 216 Å². The van der Waals surface area contributed by atoms with Crippen LogP contribution >= 0.6 is 0 Å². The van der Waals surface area contributed by atoms with E-state index in [-0.39, 0.29) is 0 Å². The fourth-order valence-corrected chi connectivity index (χ4v) is 9.77. The van der Waals surface area contributed by atoms with Gasteiger partial charge in [0.2, 0.25) is 0 Å². The summed E-state index contributed by atoms with van der Waals surface area (Å²) < 4.78 is 14.0. The maximum absolute atomic E-state index is 7.44. The summed E-state index contributed by atoms with van der Waals surface area (Å²) in [6, 6.07) is 69.9. The molecule has 0 fully saturated rings. The Kier molecular flexibility index (Phi) is 6.29. The van der Waals surface area contributed by atoms with E-state index in [9.17, 15) is 0 Å². The summed E-state index contributed by atoms with van der Waals surface area (Å²) in [6.07, 6.45) is 0. The highest BCUT2D eigenvalue weighted by Gasteiger charge is 2.48. The second-order valence-corrected chi connectivity index (χ2v) is 14.7. The highest BCUT2D eigenvalue weighted by molar-refractivity contribution is 6.24. The van der Waals surface area contributed by atoms with Crippen molar-refractivity contribution in [2.24, 2.45) is 0 Å². The third kappa shape index (κ3) is 4.08. The zero-order chi connectivity index (χ0) is 36.1. The first-order valence-electron chi connectivity index (χ1n) is 18.9. The lowest BCUT2D eigenvalue weighted by Gasteiger charge is -2.33. The molecule has 11 aromatic rings. The van der Waals surface area contributed by atoms with Crippen LogP contribution in [0.25, 0.3) is 88.0 Å². The number of hydrogen-bond donors (Lipinski definition) is 0. The molecule has 0 saturated carbocycles. The third-order valence-corrected chi connectivity index (χ3v) is 11.9. The van der Waals surface area contributed by atoms with Crippen molar-refractivity contribution in [1.29, 1.82) is 0 Å². The van der Waals surface area contributed by atoms with Gasteiger partial charge >= 0.3 is 0 Å².